The third-order valence-electron chi connectivity index (χ3n) is 0.861. The molecule has 1 aliphatic rings. The van der Waals surface area contributed by atoms with Crippen LogP contribution in [0.4, 0.5) is 0 Å². The molecule has 1 rings (SSSR count). The van der Waals surface area contributed by atoms with E-state index in [1.807, 2.05) is 0 Å². The predicted molar refractivity (Wildman–Crippen MR) is 20.4 cm³/mol. The molecule has 0 spiro atoms. The molecule has 0 aliphatic heterocycles. The summed E-state index contributed by atoms with van der Waals surface area (Å²) in [5.74, 6) is -0.245. The summed E-state index contributed by atoms with van der Waals surface area (Å²) in [5.41, 5.74) is 0. The largest absolute Gasteiger partial charge is 1.00 e. The molecule has 0 aromatic rings. The van der Waals surface area contributed by atoms with Gasteiger partial charge in [-0.15, -0.1) is 0 Å². The first-order valence-electron chi connectivity index (χ1n) is 1.88. The third kappa shape index (κ3) is 1.54. The summed E-state index contributed by atoms with van der Waals surface area (Å²) >= 11 is 0. The van der Waals surface area contributed by atoms with Gasteiger partial charge in [0.25, 0.3) is 6.04 Å². The van der Waals surface area contributed by atoms with Gasteiger partial charge in [0, 0.05) is 4.92 Å². The maximum absolute atomic E-state index is 9.89. The zero-order valence-corrected chi connectivity index (χ0v) is 6.46. The summed E-state index contributed by atoms with van der Waals surface area (Å²) in [5, 5.41) is 9.56. The Morgan fingerprint density at radius 2 is 2.12 bits per heavy atom. The average Bonchev–Trinajstić information content (AvgIpc) is 2.17. The number of Topliss-reactive ketones (excluding diaryl/α,β-unsaturated/α-hetero) is 1. The van der Waals surface area contributed by atoms with E-state index in [1.54, 1.807) is 0 Å². The summed E-state index contributed by atoms with van der Waals surface area (Å²) in [7, 11) is 0. The topological polar surface area (TPSA) is 60.2 Å². The van der Waals surface area contributed by atoms with Crippen LogP contribution in [0.15, 0.2) is 0 Å². The Labute approximate surface area is 67.7 Å². The van der Waals surface area contributed by atoms with Crippen LogP contribution in [0.3, 0.4) is 0 Å². The second-order valence-corrected chi connectivity index (χ2v) is 1.47. The van der Waals surface area contributed by atoms with E-state index in [9.17, 15) is 14.9 Å². The number of nitro groups is 1. The smallest absolute Gasteiger partial charge is 0.292 e. The van der Waals surface area contributed by atoms with Gasteiger partial charge in [-0.2, -0.15) is 0 Å². The molecule has 0 bridgehead atoms. The minimum atomic E-state index is -0.847. The molecule has 0 heterocycles. The molecular formula is C3H3NNaO3+. The van der Waals surface area contributed by atoms with Crippen molar-refractivity contribution in [2.75, 3.05) is 0 Å². The molecule has 0 N–H and O–H groups in total. The Kier molecular flexibility index (Phi) is 2.59. The van der Waals surface area contributed by atoms with E-state index >= 15 is 0 Å². The standard InChI is InChI=1S/C3H3NO3.Na/c5-3-1-2(3)4(6)7;/h2H,1H2;/q;+1. The Hall–Kier alpha value is 0.0700. The molecule has 1 unspecified atom stereocenters. The third-order valence-corrected chi connectivity index (χ3v) is 0.861. The number of hydrogen-bond donors (Lipinski definition) is 0. The molecule has 1 fully saturated rings. The minimum Gasteiger partial charge on any atom is -0.292 e. The molecule has 0 aromatic carbocycles. The molecule has 38 valence electrons. The van der Waals surface area contributed by atoms with Crippen LogP contribution in [0.2, 0.25) is 0 Å². The van der Waals surface area contributed by atoms with Crippen molar-refractivity contribution in [2.24, 2.45) is 0 Å². The van der Waals surface area contributed by atoms with Gasteiger partial charge in [0.1, 0.15) is 0 Å². The van der Waals surface area contributed by atoms with Gasteiger partial charge in [-0.05, 0) is 0 Å². The number of rotatable bonds is 1. The Bertz CT molecular complexity index is 134. The SMILES string of the molecule is O=C1CC1[N+](=O)[O-].[Na+]. The number of carbonyl (C=O) groups excluding carboxylic acids is 1. The van der Waals surface area contributed by atoms with Crippen molar-refractivity contribution in [3.63, 3.8) is 0 Å². The van der Waals surface area contributed by atoms with Gasteiger partial charge in [0.2, 0.25) is 5.78 Å². The van der Waals surface area contributed by atoms with Crippen molar-refractivity contribution in [2.45, 2.75) is 12.5 Å². The maximum Gasteiger partial charge on any atom is 1.00 e. The van der Waals surface area contributed by atoms with Crippen LogP contribution in [-0.4, -0.2) is 16.7 Å². The van der Waals surface area contributed by atoms with E-state index in [4.69, 9.17) is 0 Å². The van der Waals surface area contributed by atoms with Gasteiger partial charge in [-0.3, -0.25) is 14.9 Å². The molecule has 0 aromatic heterocycles. The molecule has 4 nitrogen and oxygen atoms in total. The fourth-order valence-electron chi connectivity index (χ4n) is 0.324. The predicted octanol–water partition coefficient (Wildman–Crippen LogP) is -3.39. The second kappa shape index (κ2) is 2.57. The average molecular weight is 124 g/mol. The van der Waals surface area contributed by atoms with Crippen molar-refractivity contribution in [1.82, 2.24) is 0 Å². The molecule has 5 heteroatoms. The molecular weight excluding hydrogens is 121 g/mol. The fraction of sp³-hybridized carbons (Fsp3) is 0.667. The summed E-state index contributed by atoms with van der Waals surface area (Å²) in [6.07, 6.45) is 0.146. The van der Waals surface area contributed by atoms with E-state index in [2.05, 4.69) is 0 Å². The van der Waals surface area contributed by atoms with Crippen LogP contribution in [0, 0.1) is 10.1 Å². The van der Waals surface area contributed by atoms with Crippen LogP contribution >= 0.6 is 0 Å². The Morgan fingerprint density at radius 1 is 1.75 bits per heavy atom. The first kappa shape index (κ1) is 8.07. The minimum absolute atomic E-state index is 0. The normalized spacial score (nSPS) is 24.0. The second-order valence-electron chi connectivity index (χ2n) is 1.47. The molecule has 1 aliphatic carbocycles. The fourth-order valence-corrected chi connectivity index (χ4v) is 0.324. The number of nitrogens with zero attached hydrogens (tertiary/aromatic N) is 1. The van der Waals surface area contributed by atoms with Crippen molar-refractivity contribution in [1.29, 1.82) is 0 Å². The van der Waals surface area contributed by atoms with E-state index in [1.165, 1.54) is 0 Å². The quantitative estimate of drug-likeness (QED) is 0.208. The zero-order valence-electron chi connectivity index (χ0n) is 4.46. The monoisotopic (exact) mass is 124 g/mol. The van der Waals surface area contributed by atoms with E-state index < -0.39 is 11.0 Å². The van der Waals surface area contributed by atoms with E-state index in [0.717, 1.165) is 0 Å². The number of carbonyl (C=O) groups is 1. The zero-order chi connectivity index (χ0) is 5.44. The first-order valence-corrected chi connectivity index (χ1v) is 1.88. The summed E-state index contributed by atoms with van der Waals surface area (Å²) in [6.45, 7) is 0. The van der Waals surface area contributed by atoms with Gasteiger partial charge in [-0.1, -0.05) is 0 Å². The van der Waals surface area contributed by atoms with Gasteiger partial charge < -0.3 is 0 Å². The van der Waals surface area contributed by atoms with Crippen molar-refractivity contribution < 1.29 is 39.3 Å². The molecule has 1 saturated carbocycles. The van der Waals surface area contributed by atoms with Crippen molar-refractivity contribution in [3.05, 3.63) is 10.1 Å². The molecule has 0 amide bonds. The Morgan fingerprint density at radius 3 is 2.12 bits per heavy atom. The summed E-state index contributed by atoms with van der Waals surface area (Å²) in [4.78, 5) is 18.9. The first-order chi connectivity index (χ1) is 3.22. The van der Waals surface area contributed by atoms with Crippen LogP contribution in [-0.2, 0) is 4.79 Å². The van der Waals surface area contributed by atoms with Crippen LogP contribution in [0.5, 0.6) is 0 Å². The van der Waals surface area contributed by atoms with Gasteiger partial charge >= 0.3 is 29.6 Å². The Balaban J connectivity index is 0.000000490. The summed E-state index contributed by atoms with van der Waals surface area (Å²) < 4.78 is 0. The van der Waals surface area contributed by atoms with E-state index in [-0.39, 0.29) is 41.8 Å². The molecule has 8 heavy (non-hydrogen) atoms. The van der Waals surface area contributed by atoms with Crippen molar-refractivity contribution >= 4 is 5.78 Å². The summed E-state index contributed by atoms with van der Waals surface area (Å²) in [6, 6.07) is -0.847. The van der Waals surface area contributed by atoms with Gasteiger partial charge in [-0.25, -0.2) is 0 Å². The molecule has 0 saturated heterocycles. The number of ketones is 1. The molecule has 0 radical (unpaired) electrons. The van der Waals surface area contributed by atoms with Crippen molar-refractivity contribution in [3.8, 4) is 0 Å². The molecule has 1 atom stereocenters. The van der Waals surface area contributed by atoms with Crippen LogP contribution in [0.1, 0.15) is 6.42 Å². The van der Waals surface area contributed by atoms with Gasteiger partial charge in [0.05, 0.1) is 6.42 Å². The maximum atomic E-state index is 9.89. The number of hydrogen-bond acceptors (Lipinski definition) is 3. The van der Waals surface area contributed by atoms with E-state index in [0.29, 0.717) is 0 Å². The van der Waals surface area contributed by atoms with Crippen LogP contribution in [0.25, 0.3) is 0 Å². The van der Waals surface area contributed by atoms with Crippen LogP contribution < -0.4 is 29.6 Å². The van der Waals surface area contributed by atoms with Gasteiger partial charge in [0.15, 0.2) is 0 Å².